The van der Waals surface area contributed by atoms with Gasteiger partial charge in [-0.1, -0.05) is 121 Å². The lowest BCUT2D eigenvalue weighted by Crippen LogP contribution is -2.15. The van der Waals surface area contributed by atoms with Crippen LogP contribution in [0.1, 0.15) is 0 Å². The third kappa shape index (κ3) is 4.92. The Hall–Kier alpha value is -7.05. The maximum absolute atomic E-state index is 6.54. The highest BCUT2D eigenvalue weighted by molar-refractivity contribution is 6.10. The lowest BCUT2D eigenvalue weighted by molar-refractivity contribution is 0.477. The van der Waals surface area contributed by atoms with E-state index in [9.17, 15) is 0 Å². The number of hydrogen-bond acceptors (Lipinski definition) is 5. The quantitative estimate of drug-likeness (QED) is 0.185. The van der Waals surface area contributed by atoms with E-state index < -0.39 is 0 Å². The van der Waals surface area contributed by atoms with Crippen LogP contribution in [0.25, 0.3) is 61.7 Å². The third-order valence-corrected chi connectivity index (χ3v) is 9.43. The summed E-state index contributed by atoms with van der Waals surface area (Å²) >= 11 is 0. The second-order valence-electron chi connectivity index (χ2n) is 12.5. The Kier molecular flexibility index (Phi) is 6.70. The van der Waals surface area contributed by atoms with Crippen molar-refractivity contribution < 1.29 is 4.74 Å². The van der Waals surface area contributed by atoms with E-state index in [0.29, 0.717) is 17.6 Å². The fourth-order valence-electron chi connectivity index (χ4n) is 7.06. The van der Waals surface area contributed by atoms with Crippen molar-refractivity contribution in [2.45, 2.75) is 0 Å². The molecule has 7 aromatic carbocycles. The van der Waals surface area contributed by atoms with Gasteiger partial charge in [-0.3, -0.25) is 4.57 Å². The molecule has 0 bridgehead atoms. The van der Waals surface area contributed by atoms with E-state index in [2.05, 4.69) is 100 Å². The van der Waals surface area contributed by atoms with Gasteiger partial charge in [0.05, 0.1) is 22.4 Å². The van der Waals surface area contributed by atoms with Crippen molar-refractivity contribution in [2.75, 3.05) is 4.90 Å². The van der Waals surface area contributed by atoms with Crippen LogP contribution in [-0.2, 0) is 0 Å². The van der Waals surface area contributed by atoms with Crippen LogP contribution in [0.4, 0.5) is 17.1 Å². The highest BCUT2D eigenvalue weighted by Gasteiger charge is 2.26. The minimum Gasteiger partial charge on any atom is -0.453 e. The second kappa shape index (κ2) is 11.8. The predicted molar refractivity (Wildman–Crippen MR) is 205 cm³/mol. The minimum atomic E-state index is 0.573. The summed E-state index contributed by atoms with van der Waals surface area (Å²) in [5, 5.41) is 2.23. The molecule has 10 rings (SSSR count). The van der Waals surface area contributed by atoms with E-state index in [1.807, 2.05) is 84.9 Å². The molecule has 0 spiro atoms. The average Bonchev–Trinajstić information content (AvgIpc) is 3.54. The van der Waals surface area contributed by atoms with Gasteiger partial charge in [-0.2, -0.15) is 9.97 Å². The van der Waals surface area contributed by atoms with Crippen LogP contribution in [0.15, 0.2) is 176 Å². The molecule has 0 saturated heterocycles. The van der Waals surface area contributed by atoms with Crippen LogP contribution in [-0.4, -0.2) is 19.5 Å². The van der Waals surface area contributed by atoms with Gasteiger partial charge in [0.2, 0.25) is 5.95 Å². The van der Waals surface area contributed by atoms with Crippen molar-refractivity contribution in [1.82, 2.24) is 19.5 Å². The van der Waals surface area contributed by atoms with Gasteiger partial charge in [-0.15, -0.1) is 0 Å². The Labute approximate surface area is 294 Å². The number of anilines is 3. The summed E-state index contributed by atoms with van der Waals surface area (Å²) in [5.41, 5.74) is 9.17. The van der Waals surface area contributed by atoms with Gasteiger partial charge in [-0.25, -0.2) is 4.98 Å². The largest absolute Gasteiger partial charge is 0.453 e. The van der Waals surface area contributed by atoms with E-state index >= 15 is 0 Å². The maximum Gasteiger partial charge on any atom is 0.238 e. The second-order valence-corrected chi connectivity index (χ2v) is 12.5. The maximum atomic E-state index is 6.54. The summed E-state index contributed by atoms with van der Waals surface area (Å²) in [6.07, 6.45) is 0. The molecule has 6 nitrogen and oxygen atoms in total. The van der Waals surface area contributed by atoms with Crippen molar-refractivity contribution in [1.29, 1.82) is 0 Å². The molecular weight excluding hydrogens is 627 g/mol. The Morgan fingerprint density at radius 1 is 0.392 bits per heavy atom. The number of benzene rings is 7. The molecular formula is C45H29N5O. The summed E-state index contributed by atoms with van der Waals surface area (Å²) in [4.78, 5) is 17.3. The van der Waals surface area contributed by atoms with Crippen LogP contribution in [0.5, 0.6) is 11.5 Å². The van der Waals surface area contributed by atoms with Gasteiger partial charge in [-0.05, 0) is 65.7 Å². The van der Waals surface area contributed by atoms with E-state index in [1.165, 1.54) is 0 Å². The number of fused-ring (bicyclic) bond motifs is 5. The number of para-hydroxylation sites is 4. The summed E-state index contributed by atoms with van der Waals surface area (Å²) in [6.45, 7) is 0. The van der Waals surface area contributed by atoms with Crippen LogP contribution in [0.2, 0.25) is 0 Å². The molecule has 6 heteroatoms. The van der Waals surface area contributed by atoms with Gasteiger partial charge >= 0.3 is 0 Å². The molecule has 9 aromatic rings. The lowest BCUT2D eigenvalue weighted by Gasteiger charge is -2.33. The monoisotopic (exact) mass is 655 g/mol. The minimum absolute atomic E-state index is 0.573. The molecule has 2 aromatic heterocycles. The molecule has 0 radical (unpaired) electrons. The number of hydrogen-bond donors (Lipinski definition) is 0. The first-order valence-corrected chi connectivity index (χ1v) is 17.0. The van der Waals surface area contributed by atoms with E-state index in [4.69, 9.17) is 19.7 Å². The zero-order chi connectivity index (χ0) is 33.7. The van der Waals surface area contributed by atoms with Crippen molar-refractivity contribution in [3.63, 3.8) is 0 Å². The first-order chi connectivity index (χ1) is 25.3. The van der Waals surface area contributed by atoms with Crippen LogP contribution in [0, 0.1) is 0 Å². The number of rotatable bonds is 5. The van der Waals surface area contributed by atoms with E-state index in [-0.39, 0.29) is 0 Å². The number of ether oxygens (including phenoxy) is 1. The van der Waals surface area contributed by atoms with Crippen LogP contribution >= 0.6 is 0 Å². The summed E-state index contributed by atoms with van der Waals surface area (Å²) in [5.74, 6) is 3.46. The van der Waals surface area contributed by atoms with Gasteiger partial charge < -0.3 is 9.64 Å². The summed E-state index contributed by atoms with van der Waals surface area (Å²) in [6, 6.07) is 60.3. The Morgan fingerprint density at radius 2 is 0.961 bits per heavy atom. The zero-order valence-electron chi connectivity index (χ0n) is 27.4. The first-order valence-electron chi connectivity index (χ1n) is 17.0. The normalized spacial score (nSPS) is 12.0. The van der Waals surface area contributed by atoms with Gasteiger partial charge in [0.15, 0.2) is 23.1 Å². The Morgan fingerprint density at radius 3 is 1.71 bits per heavy atom. The van der Waals surface area contributed by atoms with Crippen LogP contribution < -0.4 is 9.64 Å². The molecule has 0 fully saturated rings. The highest BCUT2D eigenvalue weighted by Crippen LogP contribution is 2.51. The average molecular weight is 656 g/mol. The standard InChI is InChI=1S/C45H29N5O/c1-4-14-30(15-5-1)43-46-44(31-16-6-2-7-17-31)48-45(47-43)50-37-21-11-10-20-35(37)36-28-32(24-26-38(36)50)33-25-27-40-42(29-33)51-41-23-13-12-22-39(41)49(40)34-18-8-3-9-19-34/h1-29H. The number of aromatic nitrogens is 4. The summed E-state index contributed by atoms with van der Waals surface area (Å²) < 4.78 is 8.69. The summed E-state index contributed by atoms with van der Waals surface area (Å²) in [7, 11) is 0. The Bertz CT molecular complexity index is 2670. The molecule has 1 aliphatic heterocycles. The molecule has 51 heavy (non-hydrogen) atoms. The highest BCUT2D eigenvalue weighted by atomic mass is 16.5. The molecule has 240 valence electrons. The van der Waals surface area contributed by atoms with E-state index in [0.717, 1.165) is 72.6 Å². The smallest absolute Gasteiger partial charge is 0.238 e. The molecule has 0 atom stereocenters. The zero-order valence-corrected chi connectivity index (χ0v) is 27.4. The molecule has 0 saturated carbocycles. The molecule has 0 amide bonds. The van der Waals surface area contributed by atoms with Crippen molar-refractivity contribution >= 4 is 38.9 Å². The first kappa shape index (κ1) is 28.9. The van der Waals surface area contributed by atoms with Crippen LogP contribution in [0.3, 0.4) is 0 Å². The fraction of sp³-hybridized carbons (Fsp3) is 0. The predicted octanol–water partition coefficient (Wildman–Crippen LogP) is 11.5. The SMILES string of the molecule is c1ccc(-c2nc(-c3ccccc3)nc(-n3c4ccccc4c4cc(-c5ccc6c(c5)Oc5ccccc5N6c5ccccc5)ccc43)n2)cc1. The van der Waals surface area contributed by atoms with Gasteiger partial charge in [0.1, 0.15) is 0 Å². The lowest BCUT2D eigenvalue weighted by atomic mass is 10.0. The van der Waals surface area contributed by atoms with E-state index in [1.54, 1.807) is 0 Å². The molecule has 0 N–H and O–H groups in total. The fourth-order valence-corrected chi connectivity index (χ4v) is 7.06. The van der Waals surface area contributed by atoms with Crippen molar-refractivity contribution in [3.8, 4) is 51.3 Å². The Balaban J connectivity index is 1.13. The molecule has 1 aliphatic rings. The third-order valence-electron chi connectivity index (χ3n) is 9.43. The van der Waals surface area contributed by atoms with Crippen molar-refractivity contribution in [3.05, 3.63) is 176 Å². The van der Waals surface area contributed by atoms with Gasteiger partial charge in [0.25, 0.3) is 0 Å². The molecule has 0 aliphatic carbocycles. The number of nitrogens with zero attached hydrogens (tertiary/aromatic N) is 5. The van der Waals surface area contributed by atoms with Gasteiger partial charge in [0, 0.05) is 27.6 Å². The van der Waals surface area contributed by atoms with Crippen molar-refractivity contribution in [2.24, 2.45) is 0 Å². The topological polar surface area (TPSA) is 56.1 Å². The molecule has 0 unspecified atom stereocenters. The molecule has 3 heterocycles.